The molecule has 4 rings (SSSR count). The average molecular weight is 473 g/mol. The summed E-state index contributed by atoms with van der Waals surface area (Å²) in [7, 11) is 1.55. The second-order valence-corrected chi connectivity index (χ2v) is 7.71. The average Bonchev–Trinajstić information content (AvgIpc) is 3.03. The van der Waals surface area contributed by atoms with E-state index in [0.29, 0.717) is 22.0 Å². The predicted octanol–water partition coefficient (Wildman–Crippen LogP) is 6.47. The van der Waals surface area contributed by atoms with Crippen LogP contribution in [0.15, 0.2) is 66.7 Å². The Morgan fingerprint density at radius 2 is 1.70 bits per heavy atom. The van der Waals surface area contributed by atoms with Crippen LogP contribution in [0.2, 0.25) is 5.02 Å². The number of carbonyl (C=O) groups is 2. The third kappa shape index (κ3) is 4.17. The van der Waals surface area contributed by atoms with Gasteiger partial charge in [-0.25, -0.2) is 4.79 Å². The highest BCUT2D eigenvalue weighted by Crippen LogP contribution is 2.35. The van der Waals surface area contributed by atoms with Crippen molar-refractivity contribution < 1.29 is 27.9 Å². The molecule has 0 bridgehead atoms. The molecule has 2 N–H and O–H groups in total. The molecular formula is C24H16ClF3N2O3. The summed E-state index contributed by atoms with van der Waals surface area (Å²) in [4.78, 5) is 24.6. The van der Waals surface area contributed by atoms with Crippen LogP contribution in [0, 0.1) is 0 Å². The van der Waals surface area contributed by atoms with Crippen LogP contribution in [-0.2, 0) is 13.2 Å². The van der Waals surface area contributed by atoms with Gasteiger partial charge in [-0.15, -0.1) is 0 Å². The van der Waals surface area contributed by atoms with Gasteiger partial charge in [-0.05, 0) is 41.5 Å². The zero-order valence-electron chi connectivity index (χ0n) is 17.1. The number of anilines is 1. The molecule has 0 aliphatic carbocycles. The first-order valence-corrected chi connectivity index (χ1v) is 10.0. The van der Waals surface area contributed by atoms with Crippen molar-refractivity contribution in [2.75, 3.05) is 5.32 Å². The van der Waals surface area contributed by atoms with Crippen molar-refractivity contribution in [3.8, 4) is 11.1 Å². The second-order valence-electron chi connectivity index (χ2n) is 7.34. The Labute approximate surface area is 191 Å². The predicted molar refractivity (Wildman–Crippen MR) is 120 cm³/mol. The summed E-state index contributed by atoms with van der Waals surface area (Å²) in [6, 6.07) is 16.2. The fraction of sp³-hybridized carbons (Fsp3) is 0.0833. The lowest BCUT2D eigenvalue weighted by molar-refractivity contribution is -0.137. The summed E-state index contributed by atoms with van der Waals surface area (Å²) >= 11 is 6.22. The Kier molecular flexibility index (Phi) is 5.63. The second kappa shape index (κ2) is 8.29. The molecule has 0 fully saturated rings. The van der Waals surface area contributed by atoms with Gasteiger partial charge in [0.1, 0.15) is 5.69 Å². The van der Waals surface area contributed by atoms with E-state index in [1.54, 1.807) is 43.4 Å². The van der Waals surface area contributed by atoms with E-state index in [9.17, 15) is 27.9 Å². The van der Waals surface area contributed by atoms with E-state index < -0.39 is 23.6 Å². The van der Waals surface area contributed by atoms with Gasteiger partial charge in [0.15, 0.2) is 0 Å². The van der Waals surface area contributed by atoms with Crippen LogP contribution in [0.1, 0.15) is 26.4 Å². The highest BCUT2D eigenvalue weighted by molar-refractivity contribution is 6.38. The van der Waals surface area contributed by atoms with Gasteiger partial charge in [0.05, 0.1) is 16.1 Å². The van der Waals surface area contributed by atoms with Gasteiger partial charge in [0, 0.05) is 23.7 Å². The molecule has 0 unspecified atom stereocenters. The molecule has 0 aliphatic rings. The van der Waals surface area contributed by atoms with Crippen molar-refractivity contribution in [3.05, 3.63) is 88.6 Å². The highest BCUT2D eigenvalue weighted by atomic mass is 35.5. The number of amides is 1. The number of fused-ring (bicyclic) bond motifs is 1. The Morgan fingerprint density at radius 1 is 1.00 bits per heavy atom. The minimum atomic E-state index is -4.62. The number of carboxylic acids is 1. The normalized spacial score (nSPS) is 11.5. The van der Waals surface area contributed by atoms with Crippen molar-refractivity contribution >= 4 is 40.1 Å². The monoisotopic (exact) mass is 472 g/mol. The minimum absolute atomic E-state index is 0.000132. The maximum atomic E-state index is 13.3. The number of aromatic carboxylic acids is 1. The number of aromatic nitrogens is 1. The molecule has 5 nitrogen and oxygen atoms in total. The van der Waals surface area contributed by atoms with Crippen LogP contribution in [0.4, 0.5) is 18.9 Å². The largest absolute Gasteiger partial charge is 0.477 e. The Bertz CT molecular complexity index is 1400. The highest BCUT2D eigenvalue weighted by Gasteiger charge is 2.32. The molecule has 9 heteroatoms. The fourth-order valence-electron chi connectivity index (χ4n) is 3.69. The first-order valence-electron chi connectivity index (χ1n) is 9.67. The van der Waals surface area contributed by atoms with Gasteiger partial charge in [-0.1, -0.05) is 48.0 Å². The van der Waals surface area contributed by atoms with Crippen molar-refractivity contribution in [3.63, 3.8) is 0 Å². The molecule has 0 saturated heterocycles. The van der Waals surface area contributed by atoms with Crippen molar-refractivity contribution in [1.29, 1.82) is 0 Å². The lowest BCUT2D eigenvalue weighted by Crippen LogP contribution is -2.15. The molecule has 0 aliphatic heterocycles. The standard InChI is InChI=1S/C24H16ClF3N2O3/c1-30-19-10-8-15(12-18(19)20(25)21(30)23(32)33)29-22(31)17-11-14(24(26,27)28)7-9-16(17)13-5-3-2-4-6-13/h2-12H,1H3,(H,29,31)(H,32,33). The summed E-state index contributed by atoms with van der Waals surface area (Å²) in [5.41, 5.74) is 0.505. The number of benzene rings is 3. The van der Waals surface area contributed by atoms with E-state index in [-0.39, 0.29) is 22.0 Å². The number of alkyl halides is 3. The smallest absolute Gasteiger partial charge is 0.416 e. The third-order valence-corrected chi connectivity index (χ3v) is 5.66. The van der Waals surface area contributed by atoms with E-state index in [1.165, 1.54) is 22.8 Å². The molecule has 1 heterocycles. The van der Waals surface area contributed by atoms with Crippen molar-refractivity contribution in [2.24, 2.45) is 7.05 Å². The number of carboxylic acid groups (broad SMARTS) is 1. The van der Waals surface area contributed by atoms with Gasteiger partial charge in [-0.2, -0.15) is 13.2 Å². The molecular weight excluding hydrogens is 457 g/mol. The van der Waals surface area contributed by atoms with Gasteiger partial charge in [0.2, 0.25) is 0 Å². The number of nitrogens with zero attached hydrogens (tertiary/aromatic N) is 1. The first kappa shape index (κ1) is 22.4. The van der Waals surface area contributed by atoms with Crippen LogP contribution < -0.4 is 5.32 Å². The fourth-order valence-corrected chi connectivity index (χ4v) is 4.05. The molecule has 33 heavy (non-hydrogen) atoms. The Hall–Kier alpha value is -3.78. The van der Waals surface area contributed by atoms with E-state index >= 15 is 0 Å². The number of hydrogen-bond donors (Lipinski definition) is 2. The van der Waals surface area contributed by atoms with Crippen molar-refractivity contribution in [1.82, 2.24) is 4.57 Å². The number of halogens is 4. The zero-order valence-corrected chi connectivity index (χ0v) is 17.8. The van der Waals surface area contributed by atoms with Crippen LogP contribution in [-0.4, -0.2) is 21.6 Å². The number of rotatable bonds is 4. The van der Waals surface area contributed by atoms with Crippen molar-refractivity contribution in [2.45, 2.75) is 6.18 Å². The molecule has 0 saturated carbocycles. The van der Waals surface area contributed by atoms with E-state index in [0.717, 1.165) is 12.1 Å². The van der Waals surface area contributed by atoms with E-state index in [1.807, 2.05) is 0 Å². The summed E-state index contributed by atoms with van der Waals surface area (Å²) in [5, 5.41) is 12.4. The van der Waals surface area contributed by atoms with Crippen LogP contribution in [0.3, 0.4) is 0 Å². The van der Waals surface area contributed by atoms with E-state index in [4.69, 9.17) is 11.6 Å². The summed E-state index contributed by atoms with van der Waals surface area (Å²) < 4.78 is 41.4. The molecule has 0 atom stereocenters. The molecule has 3 aromatic carbocycles. The summed E-state index contributed by atoms with van der Waals surface area (Å²) in [6.45, 7) is 0. The van der Waals surface area contributed by atoms with Gasteiger partial charge >= 0.3 is 12.1 Å². The Balaban J connectivity index is 1.77. The van der Waals surface area contributed by atoms with Crippen LogP contribution in [0.5, 0.6) is 0 Å². The molecule has 1 amide bonds. The Morgan fingerprint density at radius 3 is 2.33 bits per heavy atom. The van der Waals surface area contributed by atoms with Gasteiger partial charge < -0.3 is 15.0 Å². The molecule has 168 valence electrons. The lowest BCUT2D eigenvalue weighted by atomic mass is 9.96. The lowest BCUT2D eigenvalue weighted by Gasteiger charge is -2.14. The SMILES string of the molecule is Cn1c(C(=O)O)c(Cl)c2cc(NC(=O)c3cc(C(F)(F)F)ccc3-c3ccccc3)ccc21. The zero-order chi connectivity index (χ0) is 23.9. The van der Waals surface area contributed by atoms with Crippen LogP contribution in [0.25, 0.3) is 22.0 Å². The summed E-state index contributed by atoms with van der Waals surface area (Å²) in [5.74, 6) is -1.95. The molecule has 0 radical (unpaired) electrons. The number of nitrogens with one attached hydrogen (secondary N) is 1. The number of hydrogen-bond acceptors (Lipinski definition) is 2. The number of carbonyl (C=O) groups excluding carboxylic acids is 1. The molecule has 0 spiro atoms. The molecule has 1 aromatic heterocycles. The maximum Gasteiger partial charge on any atom is 0.416 e. The topological polar surface area (TPSA) is 71.3 Å². The summed E-state index contributed by atoms with van der Waals surface area (Å²) in [6.07, 6.45) is -4.62. The van der Waals surface area contributed by atoms with E-state index in [2.05, 4.69) is 5.32 Å². The maximum absolute atomic E-state index is 13.3. The van der Waals surface area contributed by atoms with Gasteiger partial charge in [-0.3, -0.25) is 4.79 Å². The molecule has 4 aromatic rings. The van der Waals surface area contributed by atoms with Crippen LogP contribution >= 0.6 is 11.6 Å². The first-order chi connectivity index (χ1) is 15.6. The number of aryl methyl sites for hydroxylation is 1. The third-order valence-electron chi connectivity index (χ3n) is 5.27. The minimum Gasteiger partial charge on any atom is -0.477 e. The van der Waals surface area contributed by atoms with Gasteiger partial charge in [0.25, 0.3) is 5.91 Å². The quantitative estimate of drug-likeness (QED) is 0.357.